The van der Waals surface area contributed by atoms with Crippen LogP contribution in [0.2, 0.25) is 0 Å². The zero-order valence-corrected chi connectivity index (χ0v) is 24.6. The lowest BCUT2D eigenvalue weighted by molar-refractivity contribution is -0.166. The quantitative estimate of drug-likeness (QED) is 0.131. The number of rotatable bonds is 13. The van der Waals surface area contributed by atoms with Crippen LogP contribution in [-0.2, 0) is 39.9 Å². The monoisotopic (exact) mass is 603 g/mol. The number of carbonyl (C=O) groups is 3. The van der Waals surface area contributed by atoms with E-state index >= 15 is 0 Å². The maximum absolute atomic E-state index is 12.2. The van der Waals surface area contributed by atoms with Gasteiger partial charge in [-0.25, -0.2) is 4.98 Å². The zero-order chi connectivity index (χ0) is 30.2. The zero-order valence-electron chi connectivity index (χ0n) is 23.8. The smallest absolute Gasteiger partial charge is 0.303 e. The van der Waals surface area contributed by atoms with Crippen molar-refractivity contribution < 1.29 is 42.8 Å². The Hall–Kier alpha value is -4.03. The minimum Gasteiger partial charge on any atom is -0.493 e. The van der Waals surface area contributed by atoms with Crippen LogP contribution in [0.5, 0.6) is 11.5 Å². The molecule has 2 aromatic carbocycles. The number of nitrogens with one attached hydrogen (secondary N) is 1. The SMILES string of the molecule is COc1ccc(CNc2nc3ccccc3n2[C@@H]2O[C@H](COC(C)=O)[C@@H](OC(C)=O)[C@H]2OC(C)=O)cc1OCCCCl. The van der Waals surface area contributed by atoms with Gasteiger partial charge < -0.3 is 33.7 Å². The first-order valence-electron chi connectivity index (χ1n) is 13.4. The number of methoxy groups -OCH3 is 1. The van der Waals surface area contributed by atoms with Gasteiger partial charge in [0.2, 0.25) is 5.95 Å². The first-order chi connectivity index (χ1) is 20.2. The Labute approximate surface area is 248 Å². The molecule has 0 saturated carbocycles. The standard InChI is InChI=1S/C29H34ClN3O9/c1-17(34)39-16-25-26(40-18(2)35)27(41-19(3)36)28(42-25)33-22-9-6-5-8-21(22)32-29(33)31-15-20-10-11-23(37-4)24(14-20)38-13-7-12-30/h5-6,8-11,14,25-28H,7,12-13,15-16H2,1-4H3,(H,31,32)/t25-,26-,27-,28-/m1/s1. The summed E-state index contributed by atoms with van der Waals surface area (Å²) in [6.07, 6.45) is -3.30. The Morgan fingerprint density at radius 2 is 1.74 bits per heavy atom. The van der Waals surface area contributed by atoms with Crippen molar-refractivity contribution in [1.82, 2.24) is 9.55 Å². The Morgan fingerprint density at radius 1 is 1.00 bits per heavy atom. The maximum atomic E-state index is 12.2. The van der Waals surface area contributed by atoms with Crippen LogP contribution in [-0.4, -0.2) is 72.0 Å². The van der Waals surface area contributed by atoms with Crippen LogP contribution >= 0.6 is 11.6 Å². The molecule has 0 amide bonds. The highest BCUT2D eigenvalue weighted by Crippen LogP contribution is 2.39. The van der Waals surface area contributed by atoms with Crippen LogP contribution < -0.4 is 14.8 Å². The molecule has 4 atom stereocenters. The van der Waals surface area contributed by atoms with Crippen LogP contribution in [0.3, 0.4) is 0 Å². The van der Waals surface area contributed by atoms with Crippen molar-refractivity contribution in [1.29, 1.82) is 0 Å². The summed E-state index contributed by atoms with van der Waals surface area (Å²) in [6.45, 7) is 4.33. The molecule has 226 valence electrons. The van der Waals surface area contributed by atoms with E-state index in [1.807, 2.05) is 42.5 Å². The highest BCUT2D eigenvalue weighted by molar-refractivity contribution is 6.17. The lowest BCUT2D eigenvalue weighted by Gasteiger charge is -2.25. The van der Waals surface area contributed by atoms with Gasteiger partial charge in [-0.05, 0) is 36.2 Å². The van der Waals surface area contributed by atoms with Crippen molar-refractivity contribution in [2.75, 3.05) is 31.5 Å². The average molecular weight is 604 g/mol. The Morgan fingerprint density at radius 3 is 2.43 bits per heavy atom. The molecule has 13 heteroatoms. The van der Waals surface area contributed by atoms with E-state index in [2.05, 4.69) is 5.32 Å². The van der Waals surface area contributed by atoms with Gasteiger partial charge in [-0.1, -0.05) is 18.2 Å². The second-order valence-electron chi connectivity index (χ2n) is 9.54. The van der Waals surface area contributed by atoms with Crippen molar-refractivity contribution in [3.05, 3.63) is 48.0 Å². The molecule has 42 heavy (non-hydrogen) atoms. The summed E-state index contributed by atoms with van der Waals surface area (Å²) in [5.41, 5.74) is 2.21. The highest BCUT2D eigenvalue weighted by atomic mass is 35.5. The number of fused-ring (bicyclic) bond motifs is 1. The molecule has 1 fully saturated rings. The first-order valence-corrected chi connectivity index (χ1v) is 13.9. The number of para-hydroxylation sites is 2. The van der Waals surface area contributed by atoms with Crippen molar-refractivity contribution in [2.45, 2.75) is 58.3 Å². The molecule has 0 bridgehead atoms. The fraction of sp³-hybridized carbons (Fsp3) is 0.448. The van der Waals surface area contributed by atoms with Gasteiger partial charge in [-0.3, -0.25) is 19.0 Å². The van der Waals surface area contributed by atoms with Crippen molar-refractivity contribution in [3.8, 4) is 11.5 Å². The molecular weight excluding hydrogens is 570 g/mol. The topological polar surface area (TPSA) is 136 Å². The van der Waals surface area contributed by atoms with Gasteiger partial charge in [0, 0.05) is 33.2 Å². The third-order valence-electron chi connectivity index (χ3n) is 6.40. The highest BCUT2D eigenvalue weighted by Gasteiger charge is 2.51. The molecule has 0 aliphatic carbocycles. The molecule has 1 aliphatic rings. The number of imidazole rings is 1. The summed E-state index contributed by atoms with van der Waals surface area (Å²) in [5.74, 6) is 0.338. The maximum Gasteiger partial charge on any atom is 0.303 e. The Bertz CT molecular complexity index is 1410. The third kappa shape index (κ3) is 7.42. The van der Waals surface area contributed by atoms with E-state index in [4.69, 9.17) is 45.0 Å². The van der Waals surface area contributed by atoms with Crippen molar-refractivity contribution in [2.24, 2.45) is 0 Å². The van der Waals surface area contributed by atoms with Gasteiger partial charge in [-0.15, -0.1) is 11.6 Å². The number of alkyl halides is 1. The molecule has 1 N–H and O–H groups in total. The van der Waals surface area contributed by atoms with Gasteiger partial charge in [-0.2, -0.15) is 0 Å². The molecule has 2 heterocycles. The Kier molecular flexibility index (Phi) is 10.5. The van der Waals surface area contributed by atoms with Crippen molar-refractivity contribution in [3.63, 3.8) is 0 Å². The van der Waals surface area contributed by atoms with Gasteiger partial charge >= 0.3 is 17.9 Å². The fourth-order valence-corrected chi connectivity index (χ4v) is 4.80. The van der Waals surface area contributed by atoms with E-state index in [-0.39, 0.29) is 6.61 Å². The molecule has 0 unspecified atom stereocenters. The lowest BCUT2D eigenvalue weighted by atomic mass is 10.1. The summed E-state index contributed by atoms with van der Waals surface area (Å²) in [5, 5.41) is 3.34. The van der Waals surface area contributed by atoms with E-state index in [9.17, 15) is 14.4 Å². The second kappa shape index (κ2) is 14.2. The molecule has 1 aromatic heterocycles. The molecule has 1 aliphatic heterocycles. The Balaban J connectivity index is 1.69. The van der Waals surface area contributed by atoms with Crippen molar-refractivity contribution >= 4 is 46.5 Å². The minimum atomic E-state index is -1.06. The van der Waals surface area contributed by atoms with Crippen LogP contribution in [0.1, 0.15) is 39.0 Å². The summed E-state index contributed by atoms with van der Waals surface area (Å²) in [4.78, 5) is 40.5. The van der Waals surface area contributed by atoms with E-state index in [0.717, 1.165) is 5.56 Å². The predicted molar refractivity (Wildman–Crippen MR) is 153 cm³/mol. The number of nitrogens with zero attached hydrogens (tertiary/aromatic N) is 2. The number of anilines is 1. The van der Waals surface area contributed by atoms with E-state index in [1.165, 1.54) is 20.8 Å². The summed E-state index contributed by atoms with van der Waals surface area (Å²) < 4.78 is 35.7. The third-order valence-corrected chi connectivity index (χ3v) is 6.67. The summed E-state index contributed by atoms with van der Waals surface area (Å²) >= 11 is 5.79. The molecular formula is C29H34ClN3O9. The van der Waals surface area contributed by atoms with Gasteiger partial charge in [0.05, 0.1) is 24.8 Å². The molecule has 0 radical (unpaired) electrons. The summed E-state index contributed by atoms with van der Waals surface area (Å²) in [7, 11) is 1.57. The summed E-state index contributed by atoms with van der Waals surface area (Å²) in [6, 6.07) is 13.0. The minimum absolute atomic E-state index is 0.213. The predicted octanol–water partition coefficient (Wildman–Crippen LogP) is 3.99. The number of ether oxygens (including phenoxy) is 6. The lowest BCUT2D eigenvalue weighted by Crippen LogP contribution is -2.40. The molecule has 12 nitrogen and oxygen atoms in total. The average Bonchev–Trinajstić information content (AvgIpc) is 3.47. The number of aromatic nitrogens is 2. The molecule has 3 aromatic rings. The van der Waals surface area contributed by atoms with Gasteiger partial charge in [0.1, 0.15) is 12.7 Å². The number of hydrogen-bond acceptors (Lipinski definition) is 11. The largest absolute Gasteiger partial charge is 0.493 e. The number of hydrogen-bond donors (Lipinski definition) is 1. The number of esters is 3. The first kappa shape index (κ1) is 30.9. The van der Waals surface area contributed by atoms with E-state index in [0.29, 0.717) is 53.9 Å². The van der Waals surface area contributed by atoms with Crippen LogP contribution in [0.25, 0.3) is 11.0 Å². The van der Waals surface area contributed by atoms with Crippen LogP contribution in [0, 0.1) is 0 Å². The van der Waals surface area contributed by atoms with Crippen LogP contribution in [0.15, 0.2) is 42.5 Å². The fourth-order valence-electron chi connectivity index (χ4n) is 4.69. The molecule has 1 saturated heterocycles. The van der Waals surface area contributed by atoms with Crippen LogP contribution in [0.4, 0.5) is 5.95 Å². The van der Waals surface area contributed by atoms with Gasteiger partial charge in [0.25, 0.3) is 0 Å². The molecule has 4 rings (SSSR count). The normalized spacial score (nSPS) is 19.7. The number of halogens is 1. The van der Waals surface area contributed by atoms with E-state index < -0.39 is 42.4 Å². The number of benzene rings is 2. The second-order valence-corrected chi connectivity index (χ2v) is 9.92. The molecule has 0 spiro atoms. The number of carbonyl (C=O) groups excluding carboxylic acids is 3. The van der Waals surface area contributed by atoms with Gasteiger partial charge in [0.15, 0.2) is 29.9 Å². The van der Waals surface area contributed by atoms with E-state index in [1.54, 1.807) is 11.7 Å².